The van der Waals surface area contributed by atoms with Crippen LogP contribution in [0.15, 0.2) is 60.2 Å². The van der Waals surface area contributed by atoms with Crippen LogP contribution in [-0.4, -0.2) is 38.1 Å². The summed E-state index contributed by atoms with van der Waals surface area (Å²) in [7, 11) is 3.79. The molecule has 0 saturated heterocycles. The Balaban J connectivity index is 1.62. The third-order valence-electron chi connectivity index (χ3n) is 4.48. The molecular weight excluding hydrogens is 379 g/mol. The van der Waals surface area contributed by atoms with Crippen LogP contribution in [0, 0.1) is 5.82 Å². The Morgan fingerprint density at radius 2 is 2.14 bits per heavy atom. The van der Waals surface area contributed by atoms with E-state index in [9.17, 15) is 9.18 Å². The van der Waals surface area contributed by atoms with Crippen LogP contribution in [0.3, 0.4) is 0 Å². The molecule has 1 heterocycles. The normalized spacial score (nSPS) is 14.4. The average molecular weight is 401 g/mol. The number of rotatable bonds is 6. The third-order valence-corrected chi connectivity index (χ3v) is 4.72. The first-order valence-corrected chi connectivity index (χ1v) is 9.31. The van der Waals surface area contributed by atoms with Gasteiger partial charge in [-0.1, -0.05) is 29.8 Å². The van der Waals surface area contributed by atoms with E-state index in [1.807, 2.05) is 43.3 Å². The van der Waals surface area contributed by atoms with Gasteiger partial charge in [0, 0.05) is 23.2 Å². The zero-order valence-electron chi connectivity index (χ0n) is 15.8. The monoisotopic (exact) mass is 400 g/mol. The summed E-state index contributed by atoms with van der Waals surface area (Å²) in [6.07, 6.45) is 5.15. The number of carbonyl (C=O) groups is 1. The molecule has 1 aliphatic heterocycles. The Morgan fingerprint density at radius 3 is 2.89 bits per heavy atom. The zero-order valence-corrected chi connectivity index (χ0v) is 16.5. The molecule has 0 bridgehead atoms. The topological polar surface area (TPSA) is 41.6 Å². The average Bonchev–Trinajstić information content (AvgIpc) is 2.66. The van der Waals surface area contributed by atoms with Gasteiger partial charge in [0.15, 0.2) is 0 Å². The van der Waals surface area contributed by atoms with Crippen molar-refractivity contribution in [1.29, 1.82) is 0 Å². The molecular formula is C22H22ClFN2O2. The minimum absolute atomic E-state index is 0.126. The Morgan fingerprint density at radius 1 is 1.32 bits per heavy atom. The van der Waals surface area contributed by atoms with Crippen LogP contribution in [0.25, 0.3) is 6.08 Å². The van der Waals surface area contributed by atoms with Gasteiger partial charge in [-0.2, -0.15) is 0 Å². The van der Waals surface area contributed by atoms with Gasteiger partial charge >= 0.3 is 0 Å². The Kier molecular flexibility index (Phi) is 6.49. The summed E-state index contributed by atoms with van der Waals surface area (Å²) in [4.78, 5) is 14.2. The van der Waals surface area contributed by atoms with Gasteiger partial charge in [-0.25, -0.2) is 4.39 Å². The van der Waals surface area contributed by atoms with Crippen LogP contribution >= 0.6 is 11.6 Å². The van der Waals surface area contributed by atoms with Gasteiger partial charge in [-0.15, -0.1) is 0 Å². The first kappa shape index (κ1) is 20.1. The molecule has 1 unspecified atom stereocenters. The van der Waals surface area contributed by atoms with E-state index in [0.717, 1.165) is 22.4 Å². The Hall–Kier alpha value is -2.63. The molecule has 146 valence electrons. The van der Waals surface area contributed by atoms with E-state index in [1.54, 1.807) is 18.2 Å². The quantitative estimate of drug-likeness (QED) is 0.738. The standard InChI is InChI=1S/C22H22ClFN2O2/c1-26(2)20(16-4-3-5-19(24)12-16)13-25-22(27)9-6-15-10-17-11-18(23)7-8-21(17)28-14-15/h3-12,20H,13-14H2,1-2H3,(H,25,27)/b9-6+. The van der Waals surface area contributed by atoms with Crippen molar-refractivity contribution in [2.75, 3.05) is 27.2 Å². The molecule has 0 aromatic heterocycles. The molecule has 1 atom stereocenters. The molecule has 0 spiro atoms. The molecule has 2 aromatic carbocycles. The van der Waals surface area contributed by atoms with E-state index in [0.29, 0.717) is 18.2 Å². The number of hydrogen-bond donors (Lipinski definition) is 1. The van der Waals surface area contributed by atoms with Crippen molar-refractivity contribution in [3.05, 3.63) is 82.2 Å². The van der Waals surface area contributed by atoms with E-state index in [2.05, 4.69) is 5.32 Å². The van der Waals surface area contributed by atoms with Gasteiger partial charge in [0.2, 0.25) is 5.91 Å². The number of carbonyl (C=O) groups excluding carboxylic acids is 1. The van der Waals surface area contributed by atoms with Crippen LogP contribution < -0.4 is 10.1 Å². The number of likely N-dealkylation sites (N-methyl/N-ethyl adjacent to an activating group) is 1. The summed E-state index contributed by atoms with van der Waals surface area (Å²) in [6.45, 7) is 0.760. The van der Waals surface area contributed by atoms with Gasteiger partial charge in [0.05, 0.1) is 6.04 Å². The van der Waals surface area contributed by atoms with Crippen molar-refractivity contribution in [3.8, 4) is 5.75 Å². The highest BCUT2D eigenvalue weighted by Crippen LogP contribution is 2.29. The Bertz CT molecular complexity index is 925. The second-order valence-electron chi connectivity index (χ2n) is 6.80. The number of benzene rings is 2. The minimum Gasteiger partial charge on any atom is -0.488 e. The van der Waals surface area contributed by atoms with Crippen molar-refractivity contribution in [3.63, 3.8) is 0 Å². The maximum atomic E-state index is 13.5. The number of ether oxygens (including phenoxy) is 1. The number of amides is 1. The maximum absolute atomic E-state index is 13.5. The molecule has 4 nitrogen and oxygen atoms in total. The van der Waals surface area contributed by atoms with E-state index < -0.39 is 0 Å². The molecule has 1 N–H and O–H groups in total. The lowest BCUT2D eigenvalue weighted by Crippen LogP contribution is -2.33. The van der Waals surface area contributed by atoms with Crippen molar-refractivity contribution in [2.24, 2.45) is 0 Å². The van der Waals surface area contributed by atoms with E-state index in [-0.39, 0.29) is 17.8 Å². The second kappa shape index (κ2) is 9.04. The highest BCUT2D eigenvalue weighted by Gasteiger charge is 2.15. The molecule has 1 amide bonds. The molecule has 1 aliphatic rings. The predicted molar refractivity (Wildman–Crippen MR) is 110 cm³/mol. The Labute approximate surface area is 169 Å². The summed E-state index contributed by atoms with van der Waals surface area (Å²) in [5.74, 6) is 0.260. The summed E-state index contributed by atoms with van der Waals surface area (Å²) < 4.78 is 19.2. The summed E-state index contributed by atoms with van der Waals surface area (Å²) in [5.41, 5.74) is 2.57. The van der Waals surface area contributed by atoms with Crippen molar-refractivity contribution >= 4 is 23.6 Å². The molecule has 3 rings (SSSR count). The van der Waals surface area contributed by atoms with Crippen LogP contribution in [0.4, 0.5) is 4.39 Å². The highest BCUT2D eigenvalue weighted by atomic mass is 35.5. The van der Waals surface area contributed by atoms with E-state index >= 15 is 0 Å². The molecule has 0 aliphatic carbocycles. The smallest absolute Gasteiger partial charge is 0.244 e. The van der Waals surface area contributed by atoms with Gasteiger partial charge in [-0.05, 0) is 61.6 Å². The molecule has 28 heavy (non-hydrogen) atoms. The second-order valence-corrected chi connectivity index (χ2v) is 7.24. The lowest BCUT2D eigenvalue weighted by atomic mass is 10.1. The molecule has 0 radical (unpaired) electrons. The lowest BCUT2D eigenvalue weighted by Gasteiger charge is -2.25. The van der Waals surface area contributed by atoms with E-state index in [1.165, 1.54) is 18.2 Å². The van der Waals surface area contributed by atoms with Gasteiger partial charge in [0.1, 0.15) is 18.2 Å². The number of halogens is 2. The van der Waals surface area contributed by atoms with Crippen LogP contribution in [0.1, 0.15) is 17.2 Å². The van der Waals surface area contributed by atoms with Gasteiger partial charge in [0.25, 0.3) is 0 Å². The highest BCUT2D eigenvalue weighted by molar-refractivity contribution is 6.30. The van der Waals surface area contributed by atoms with Crippen LogP contribution in [0.2, 0.25) is 5.02 Å². The molecule has 0 fully saturated rings. The van der Waals surface area contributed by atoms with Gasteiger partial charge < -0.3 is 15.0 Å². The zero-order chi connectivity index (χ0) is 20.1. The van der Waals surface area contributed by atoms with Crippen molar-refractivity contribution < 1.29 is 13.9 Å². The third kappa shape index (κ3) is 5.21. The van der Waals surface area contributed by atoms with Crippen LogP contribution in [-0.2, 0) is 4.79 Å². The van der Waals surface area contributed by atoms with Gasteiger partial charge in [-0.3, -0.25) is 4.79 Å². The SMILES string of the molecule is CN(C)C(CNC(=O)/C=C/C1=Cc2cc(Cl)ccc2OC1)c1cccc(F)c1. The predicted octanol–water partition coefficient (Wildman–Crippen LogP) is 4.23. The van der Waals surface area contributed by atoms with Crippen molar-refractivity contribution in [2.45, 2.75) is 6.04 Å². The first-order valence-electron chi connectivity index (χ1n) is 8.93. The van der Waals surface area contributed by atoms with E-state index in [4.69, 9.17) is 16.3 Å². The number of fused-ring (bicyclic) bond motifs is 1. The molecule has 0 saturated carbocycles. The largest absolute Gasteiger partial charge is 0.488 e. The number of nitrogens with zero attached hydrogens (tertiary/aromatic N) is 1. The fourth-order valence-electron chi connectivity index (χ4n) is 3.01. The lowest BCUT2D eigenvalue weighted by molar-refractivity contribution is -0.116. The number of hydrogen-bond acceptors (Lipinski definition) is 3. The van der Waals surface area contributed by atoms with Crippen molar-refractivity contribution in [1.82, 2.24) is 10.2 Å². The fraction of sp³-hybridized carbons (Fsp3) is 0.227. The first-order chi connectivity index (χ1) is 13.4. The summed E-state index contributed by atoms with van der Waals surface area (Å²) in [5, 5.41) is 3.50. The fourth-order valence-corrected chi connectivity index (χ4v) is 3.19. The molecule has 2 aromatic rings. The summed E-state index contributed by atoms with van der Waals surface area (Å²) in [6, 6.07) is 11.7. The molecule has 6 heteroatoms. The minimum atomic E-state index is -0.291. The summed E-state index contributed by atoms with van der Waals surface area (Å²) >= 11 is 6.01. The van der Waals surface area contributed by atoms with Crippen LogP contribution in [0.5, 0.6) is 5.75 Å². The number of nitrogens with one attached hydrogen (secondary N) is 1. The maximum Gasteiger partial charge on any atom is 0.244 e.